The number of nitrogens with one attached hydrogen (secondary N) is 1. The molecule has 2 heterocycles. The van der Waals surface area contributed by atoms with E-state index in [4.69, 9.17) is 9.15 Å². The summed E-state index contributed by atoms with van der Waals surface area (Å²) in [6.45, 7) is 4.85. The molecule has 2 aromatic heterocycles. The number of aromatic amines is 1. The highest BCUT2D eigenvalue weighted by molar-refractivity contribution is 6.01. The van der Waals surface area contributed by atoms with Crippen LogP contribution in [0.4, 0.5) is 0 Å². The molecule has 0 amide bonds. The fourth-order valence-electron chi connectivity index (χ4n) is 2.79. The molecule has 1 aromatic carbocycles. The van der Waals surface area contributed by atoms with E-state index in [2.05, 4.69) is 9.97 Å². The Morgan fingerprint density at radius 2 is 1.92 bits per heavy atom. The highest BCUT2D eigenvalue weighted by Crippen LogP contribution is 2.22. The molecule has 25 heavy (non-hydrogen) atoms. The summed E-state index contributed by atoms with van der Waals surface area (Å²) >= 11 is 0. The van der Waals surface area contributed by atoms with Crippen molar-refractivity contribution in [2.24, 2.45) is 0 Å². The molecular formula is C19H18N2O4. The van der Waals surface area contributed by atoms with Gasteiger partial charge in [-0.2, -0.15) is 0 Å². The summed E-state index contributed by atoms with van der Waals surface area (Å²) < 4.78 is 10.9. The number of nitrogens with zero attached hydrogens (tertiary/aromatic N) is 1. The fourth-order valence-corrected chi connectivity index (χ4v) is 2.79. The zero-order valence-corrected chi connectivity index (χ0v) is 14.3. The van der Waals surface area contributed by atoms with Gasteiger partial charge >= 0.3 is 5.97 Å². The van der Waals surface area contributed by atoms with E-state index in [1.807, 2.05) is 30.3 Å². The van der Waals surface area contributed by atoms with E-state index in [1.165, 1.54) is 6.92 Å². The van der Waals surface area contributed by atoms with Gasteiger partial charge < -0.3 is 14.1 Å². The first-order valence-electron chi connectivity index (χ1n) is 7.84. The molecule has 0 spiro atoms. The molecule has 3 rings (SSSR count). The molecule has 128 valence electrons. The van der Waals surface area contributed by atoms with Gasteiger partial charge in [0.1, 0.15) is 5.69 Å². The van der Waals surface area contributed by atoms with Crippen LogP contribution in [0.15, 0.2) is 40.9 Å². The van der Waals surface area contributed by atoms with Crippen molar-refractivity contribution in [1.29, 1.82) is 0 Å². The molecule has 6 nitrogen and oxygen atoms in total. The van der Waals surface area contributed by atoms with Gasteiger partial charge in [0.05, 0.1) is 6.20 Å². The van der Waals surface area contributed by atoms with E-state index in [0.29, 0.717) is 28.5 Å². The Kier molecular flexibility index (Phi) is 4.52. The highest BCUT2D eigenvalue weighted by Gasteiger charge is 2.21. The number of hydrogen-bond donors (Lipinski definition) is 1. The summed E-state index contributed by atoms with van der Waals surface area (Å²) in [5.74, 6) is 0.274. The van der Waals surface area contributed by atoms with Crippen molar-refractivity contribution >= 4 is 11.8 Å². The lowest BCUT2D eigenvalue weighted by Crippen LogP contribution is -2.08. The number of aryl methyl sites for hydroxylation is 1. The minimum Gasteiger partial charge on any atom is -0.451 e. The van der Waals surface area contributed by atoms with Crippen LogP contribution >= 0.6 is 0 Å². The maximum absolute atomic E-state index is 12.3. The number of oxazole rings is 1. The van der Waals surface area contributed by atoms with Gasteiger partial charge in [0.15, 0.2) is 18.2 Å². The second kappa shape index (κ2) is 6.76. The Morgan fingerprint density at radius 3 is 2.56 bits per heavy atom. The van der Waals surface area contributed by atoms with Crippen LogP contribution < -0.4 is 0 Å². The summed E-state index contributed by atoms with van der Waals surface area (Å²) in [6, 6.07) is 9.54. The lowest BCUT2D eigenvalue weighted by atomic mass is 10.1. The quantitative estimate of drug-likeness (QED) is 0.564. The van der Waals surface area contributed by atoms with Gasteiger partial charge in [-0.3, -0.25) is 4.79 Å². The maximum Gasteiger partial charge on any atom is 0.355 e. The van der Waals surface area contributed by atoms with Crippen LogP contribution in [0.2, 0.25) is 0 Å². The standard InChI is InChI=1S/C19H18N2O4/c1-11-17(13(3)22)12(2)21-18(11)19(23)24-10-16-20-9-15(25-16)14-7-5-4-6-8-14/h4-9,21H,10H2,1-3H3. The van der Waals surface area contributed by atoms with E-state index in [-0.39, 0.29) is 18.1 Å². The molecule has 0 saturated heterocycles. The van der Waals surface area contributed by atoms with Crippen molar-refractivity contribution in [1.82, 2.24) is 9.97 Å². The van der Waals surface area contributed by atoms with Gasteiger partial charge in [-0.15, -0.1) is 0 Å². The third kappa shape index (κ3) is 3.38. The Hall–Kier alpha value is -3.15. The van der Waals surface area contributed by atoms with E-state index < -0.39 is 5.97 Å². The number of carbonyl (C=O) groups excluding carboxylic acids is 2. The van der Waals surface area contributed by atoms with Gasteiger partial charge in [-0.05, 0) is 26.3 Å². The van der Waals surface area contributed by atoms with Crippen LogP contribution in [0.3, 0.4) is 0 Å². The van der Waals surface area contributed by atoms with Gasteiger partial charge in [0, 0.05) is 16.8 Å². The van der Waals surface area contributed by atoms with Crippen molar-refractivity contribution in [2.75, 3.05) is 0 Å². The Bertz CT molecular complexity index is 922. The Balaban J connectivity index is 1.70. The second-order valence-corrected chi connectivity index (χ2v) is 5.74. The van der Waals surface area contributed by atoms with E-state index >= 15 is 0 Å². The van der Waals surface area contributed by atoms with Crippen LogP contribution in [0, 0.1) is 13.8 Å². The van der Waals surface area contributed by atoms with Crippen LogP contribution in [-0.4, -0.2) is 21.7 Å². The summed E-state index contributed by atoms with van der Waals surface area (Å²) in [5.41, 5.74) is 2.94. The molecule has 6 heteroatoms. The van der Waals surface area contributed by atoms with Crippen molar-refractivity contribution in [2.45, 2.75) is 27.4 Å². The molecule has 0 aliphatic heterocycles. The molecular weight excluding hydrogens is 320 g/mol. The van der Waals surface area contributed by atoms with Gasteiger partial charge in [0.25, 0.3) is 0 Å². The zero-order chi connectivity index (χ0) is 18.0. The minimum absolute atomic E-state index is 0.0847. The summed E-state index contributed by atoms with van der Waals surface area (Å²) in [5, 5.41) is 0. The van der Waals surface area contributed by atoms with Gasteiger partial charge in [-0.25, -0.2) is 9.78 Å². The number of esters is 1. The molecule has 0 saturated carbocycles. The molecule has 0 aliphatic rings. The van der Waals surface area contributed by atoms with Crippen LogP contribution in [-0.2, 0) is 11.3 Å². The fraction of sp³-hybridized carbons (Fsp3) is 0.211. The van der Waals surface area contributed by atoms with E-state index in [0.717, 1.165) is 5.56 Å². The van der Waals surface area contributed by atoms with E-state index in [1.54, 1.807) is 20.0 Å². The normalized spacial score (nSPS) is 10.7. The molecule has 0 bridgehead atoms. The predicted octanol–water partition coefficient (Wildman–Crippen LogP) is 3.85. The number of ether oxygens (including phenoxy) is 1. The largest absolute Gasteiger partial charge is 0.451 e. The molecule has 0 unspecified atom stereocenters. The van der Waals surface area contributed by atoms with Crippen molar-refractivity contribution in [3.8, 4) is 11.3 Å². The second-order valence-electron chi connectivity index (χ2n) is 5.74. The molecule has 0 radical (unpaired) electrons. The minimum atomic E-state index is -0.549. The third-order valence-electron chi connectivity index (χ3n) is 3.93. The third-order valence-corrected chi connectivity index (χ3v) is 3.93. The monoisotopic (exact) mass is 338 g/mol. The van der Waals surface area contributed by atoms with Gasteiger partial charge in [0.2, 0.25) is 5.89 Å². The molecule has 3 aromatic rings. The number of aromatic nitrogens is 2. The van der Waals surface area contributed by atoms with Gasteiger partial charge in [-0.1, -0.05) is 30.3 Å². The molecule has 0 fully saturated rings. The van der Waals surface area contributed by atoms with Crippen molar-refractivity contribution in [3.63, 3.8) is 0 Å². The number of rotatable bonds is 5. The lowest BCUT2D eigenvalue weighted by molar-refractivity contribution is 0.0431. The number of hydrogen-bond acceptors (Lipinski definition) is 5. The average Bonchev–Trinajstić information content (AvgIpc) is 3.18. The maximum atomic E-state index is 12.3. The highest BCUT2D eigenvalue weighted by atomic mass is 16.5. The van der Waals surface area contributed by atoms with E-state index in [9.17, 15) is 9.59 Å². The summed E-state index contributed by atoms with van der Waals surface area (Å²) in [7, 11) is 0. The predicted molar refractivity (Wildman–Crippen MR) is 91.3 cm³/mol. The number of carbonyl (C=O) groups is 2. The Morgan fingerprint density at radius 1 is 1.20 bits per heavy atom. The van der Waals surface area contributed by atoms with Crippen molar-refractivity contribution < 1.29 is 18.7 Å². The average molecular weight is 338 g/mol. The smallest absolute Gasteiger partial charge is 0.355 e. The SMILES string of the molecule is CC(=O)c1c(C)[nH]c(C(=O)OCc2ncc(-c3ccccc3)o2)c1C. The molecule has 1 N–H and O–H groups in total. The molecule has 0 aliphatic carbocycles. The number of H-pyrrole nitrogens is 1. The molecule has 0 atom stereocenters. The topological polar surface area (TPSA) is 85.2 Å². The van der Waals surface area contributed by atoms with Crippen LogP contribution in [0.25, 0.3) is 11.3 Å². The number of Topliss-reactive ketones (excluding diaryl/α,β-unsaturated/α-hetero) is 1. The van der Waals surface area contributed by atoms with Crippen LogP contribution in [0.1, 0.15) is 44.9 Å². The number of ketones is 1. The number of benzene rings is 1. The first-order chi connectivity index (χ1) is 12.0. The van der Waals surface area contributed by atoms with Crippen molar-refractivity contribution in [3.05, 3.63) is 64.9 Å². The lowest BCUT2D eigenvalue weighted by Gasteiger charge is -2.02. The summed E-state index contributed by atoms with van der Waals surface area (Å²) in [6.07, 6.45) is 1.59. The first-order valence-corrected chi connectivity index (χ1v) is 7.84. The first kappa shape index (κ1) is 16.7. The Labute approximate surface area is 144 Å². The zero-order valence-electron chi connectivity index (χ0n) is 14.3. The van der Waals surface area contributed by atoms with Crippen LogP contribution in [0.5, 0.6) is 0 Å². The summed E-state index contributed by atoms with van der Waals surface area (Å²) in [4.78, 5) is 31.0.